The van der Waals surface area contributed by atoms with Crippen molar-refractivity contribution in [2.24, 2.45) is 0 Å². The van der Waals surface area contributed by atoms with Gasteiger partial charge < -0.3 is 14.7 Å². The molecule has 6 heteroatoms. The summed E-state index contributed by atoms with van der Waals surface area (Å²) in [4.78, 5) is 29.5. The molecule has 12 heavy (non-hydrogen) atoms. The number of rotatable bonds is 3. The molecule has 1 amide bonds. The largest absolute Gasteiger partial charge is 0.342 e. The first-order chi connectivity index (χ1) is 5.49. The van der Waals surface area contributed by atoms with Crippen molar-refractivity contribution in [1.82, 2.24) is 4.90 Å². The number of hydrogen-bond acceptors (Lipinski definition) is 2. The van der Waals surface area contributed by atoms with E-state index in [1.54, 1.807) is 0 Å². The van der Waals surface area contributed by atoms with Crippen LogP contribution in [-0.2, 0) is 9.36 Å². The van der Waals surface area contributed by atoms with E-state index in [4.69, 9.17) is 9.79 Å². The zero-order valence-corrected chi connectivity index (χ0v) is 7.54. The van der Waals surface area contributed by atoms with Gasteiger partial charge in [-0.2, -0.15) is 0 Å². The Morgan fingerprint density at radius 2 is 2.17 bits per heavy atom. The average Bonchev–Trinajstić information content (AvgIpc) is 2.29. The smallest absolute Gasteiger partial charge is 0.327 e. The van der Waals surface area contributed by atoms with Crippen LogP contribution in [0.3, 0.4) is 0 Å². The fraction of sp³-hybridized carbons (Fsp3) is 0.833. The minimum atomic E-state index is -3.94. The van der Waals surface area contributed by atoms with Crippen LogP contribution < -0.4 is 0 Å². The van der Waals surface area contributed by atoms with Crippen molar-refractivity contribution in [2.45, 2.75) is 12.8 Å². The van der Waals surface area contributed by atoms with Crippen molar-refractivity contribution in [1.29, 1.82) is 0 Å². The lowest BCUT2D eigenvalue weighted by Gasteiger charge is -2.15. The maximum Gasteiger partial charge on any atom is 0.327 e. The van der Waals surface area contributed by atoms with E-state index in [0.717, 1.165) is 6.42 Å². The second kappa shape index (κ2) is 3.56. The molecule has 1 heterocycles. The first-order valence-electron chi connectivity index (χ1n) is 3.81. The highest BCUT2D eigenvalue weighted by molar-refractivity contribution is 7.51. The molecule has 0 radical (unpaired) electrons. The molecule has 0 aromatic heterocycles. The molecule has 0 atom stereocenters. The summed E-state index contributed by atoms with van der Waals surface area (Å²) in [5.74, 6) is 0.00319. The second-order valence-corrected chi connectivity index (χ2v) is 4.65. The van der Waals surface area contributed by atoms with Crippen molar-refractivity contribution in [2.75, 3.05) is 19.3 Å². The standard InChI is InChI=1S/C6H12NO4P/c8-6-2-1-3-7(6)4-5-12(9,10)11/h1-5H2,(H2,9,10,11). The lowest BCUT2D eigenvalue weighted by atomic mass is 10.4. The molecule has 1 rings (SSSR count). The fourth-order valence-electron chi connectivity index (χ4n) is 1.19. The zero-order valence-electron chi connectivity index (χ0n) is 6.64. The number of carbonyl (C=O) groups excluding carboxylic acids is 1. The van der Waals surface area contributed by atoms with Gasteiger partial charge in [0.1, 0.15) is 0 Å². The van der Waals surface area contributed by atoms with Crippen molar-refractivity contribution in [3.63, 3.8) is 0 Å². The van der Waals surface area contributed by atoms with Crippen molar-refractivity contribution >= 4 is 13.5 Å². The van der Waals surface area contributed by atoms with Crippen LogP contribution in [0.4, 0.5) is 0 Å². The highest BCUT2D eigenvalue weighted by Crippen LogP contribution is 2.34. The molecule has 0 aliphatic carbocycles. The van der Waals surface area contributed by atoms with Gasteiger partial charge in [0.2, 0.25) is 5.91 Å². The van der Waals surface area contributed by atoms with Crippen LogP contribution >= 0.6 is 7.60 Å². The van der Waals surface area contributed by atoms with Crippen LogP contribution in [0.15, 0.2) is 0 Å². The van der Waals surface area contributed by atoms with Crippen molar-refractivity contribution in [3.05, 3.63) is 0 Å². The summed E-state index contributed by atoms with van der Waals surface area (Å²) in [6.45, 7) is 0.821. The minimum Gasteiger partial charge on any atom is -0.342 e. The second-order valence-electron chi connectivity index (χ2n) is 2.87. The number of hydrogen-bond donors (Lipinski definition) is 2. The van der Waals surface area contributed by atoms with E-state index in [-0.39, 0.29) is 18.6 Å². The highest BCUT2D eigenvalue weighted by atomic mass is 31.2. The fourth-order valence-corrected chi connectivity index (χ4v) is 1.69. The van der Waals surface area contributed by atoms with Gasteiger partial charge in [-0.15, -0.1) is 0 Å². The molecule has 2 N–H and O–H groups in total. The van der Waals surface area contributed by atoms with E-state index in [1.807, 2.05) is 0 Å². The van der Waals surface area contributed by atoms with Crippen molar-refractivity contribution in [3.8, 4) is 0 Å². The van der Waals surface area contributed by atoms with Crippen LogP contribution in [0, 0.1) is 0 Å². The van der Waals surface area contributed by atoms with E-state index in [0.29, 0.717) is 13.0 Å². The molecule has 0 unspecified atom stereocenters. The van der Waals surface area contributed by atoms with Gasteiger partial charge in [-0.25, -0.2) is 0 Å². The Hall–Kier alpha value is -0.380. The van der Waals surface area contributed by atoms with Gasteiger partial charge in [0.25, 0.3) is 0 Å². The molecule has 0 saturated carbocycles. The number of nitrogens with zero attached hydrogens (tertiary/aromatic N) is 1. The summed E-state index contributed by atoms with van der Waals surface area (Å²) in [6, 6.07) is 0. The quantitative estimate of drug-likeness (QED) is 0.608. The molecule has 1 fully saturated rings. The van der Waals surface area contributed by atoms with Gasteiger partial charge in [-0.3, -0.25) is 9.36 Å². The number of amides is 1. The van der Waals surface area contributed by atoms with Gasteiger partial charge in [-0.1, -0.05) is 0 Å². The minimum absolute atomic E-state index is 0.00319. The normalized spacial score (nSPS) is 18.8. The molecule has 1 saturated heterocycles. The first-order valence-corrected chi connectivity index (χ1v) is 5.61. The number of likely N-dealkylation sites (tertiary alicyclic amines) is 1. The predicted molar refractivity (Wildman–Crippen MR) is 42.7 cm³/mol. The third-order valence-corrected chi connectivity index (χ3v) is 2.62. The van der Waals surface area contributed by atoms with Gasteiger partial charge >= 0.3 is 7.60 Å². The molecular weight excluding hydrogens is 181 g/mol. The Kier molecular flexibility index (Phi) is 2.88. The monoisotopic (exact) mass is 193 g/mol. The highest BCUT2D eigenvalue weighted by Gasteiger charge is 2.22. The molecule has 1 aliphatic rings. The molecule has 0 bridgehead atoms. The molecule has 5 nitrogen and oxygen atoms in total. The van der Waals surface area contributed by atoms with E-state index in [9.17, 15) is 9.36 Å². The summed E-state index contributed by atoms with van der Waals surface area (Å²) in [5, 5.41) is 0. The summed E-state index contributed by atoms with van der Waals surface area (Å²) in [7, 11) is -3.94. The predicted octanol–water partition coefficient (Wildman–Crippen LogP) is -0.213. The van der Waals surface area contributed by atoms with Gasteiger partial charge in [0, 0.05) is 19.5 Å². The van der Waals surface area contributed by atoms with Crippen LogP contribution in [0.25, 0.3) is 0 Å². The molecule has 1 aliphatic heterocycles. The van der Waals surface area contributed by atoms with Gasteiger partial charge in [-0.05, 0) is 6.42 Å². The van der Waals surface area contributed by atoms with Gasteiger partial charge in [0.15, 0.2) is 0 Å². The summed E-state index contributed by atoms with van der Waals surface area (Å²) >= 11 is 0. The maximum absolute atomic E-state index is 11.0. The Morgan fingerprint density at radius 1 is 1.50 bits per heavy atom. The Labute approximate surface area is 70.5 Å². The lowest BCUT2D eigenvalue weighted by Crippen LogP contribution is -2.27. The van der Waals surface area contributed by atoms with E-state index < -0.39 is 7.60 Å². The molecule has 0 aromatic rings. The van der Waals surface area contributed by atoms with E-state index in [1.165, 1.54) is 4.90 Å². The van der Waals surface area contributed by atoms with Crippen LogP contribution in [0.5, 0.6) is 0 Å². The third kappa shape index (κ3) is 2.93. The maximum atomic E-state index is 11.0. The number of carbonyl (C=O) groups is 1. The topological polar surface area (TPSA) is 77.8 Å². The first kappa shape index (κ1) is 9.71. The molecule has 70 valence electrons. The van der Waals surface area contributed by atoms with Crippen LogP contribution in [0.1, 0.15) is 12.8 Å². The molecule has 0 spiro atoms. The van der Waals surface area contributed by atoms with Crippen LogP contribution in [0.2, 0.25) is 0 Å². The Bertz CT molecular complexity index is 224. The van der Waals surface area contributed by atoms with E-state index in [2.05, 4.69) is 0 Å². The Morgan fingerprint density at radius 3 is 2.58 bits per heavy atom. The summed E-state index contributed by atoms with van der Waals surface area (Å²) in [6.07, 6.45) is 1.10. The summed E-state index contributed by atoms with van der Waals surface area (Å²) < 4.78 is 10.5. The van der Waals surface area contributed by atoms with Crippen LogP contribution in [-0.4, -0.2) is 39.8 Å². The Balaban J connectivity index is 2.32. The zero-order chi connectivity index (χ0) is 9.19. The van der Waals surface area contributed by atoms with Crippen molar-refractivity contribution < 1.29 is 19.1 Å². The molecule has 0 aromatic carbocycles. The third-order valence-electron chi connectivity index (χ3n) is 1.83. The SMILES string of the molecule is O=C1CCCN1CCP(=O)(O)O. The summed E-state index contributed by atoms with van der Waals surface area (Å²) in [5.41, 5.74) is 0. The average molecular weight is 193 g/mol. The van der Waals surface area contributed by atoms with Gasteiger partial charge in [0.05, 0.1) is 6.16 Å². The molecular formula is C6H12NO4P. The van der Waals surface area contributed by atoms with E-state index >= 15 is 0 Å². The lowest BCUT2D eigenvalue weighted by molar-refractivity contribution is -0.127.